The third kappa shape index (κ3) is 3.54. The number of hydrogen-bond donors (Lipinski definition) is 1. The molecule has 0 aromatic carbocycles. The minimum Gasteiger partial charge on any atom is -0.477 e. The Morgan fingerprint density at radius 2 is 1.94 bits per heavy atom. The first-order valence-electron chi connectivity index (χ1n) is 5.27. The molecular weight excluding hydrogens is 260 g/mol. The summed E-state index contributed by atoms with van der Waals surface area (Å²) in [6.07, 6.45) is 0. The fraction of sp³-hybridized carbons (Fsp3) is 0.545. The van der Waals surface area contributed by atoms with Crippen LogP contribution in [0.1, 0.15) is 35.3 Å². The minimum absolute atomic E-state index is 0.0545. The fourth-order valence-electron chi connectivity index (χ4n) is 1.31. The number of hydrogen-bond acceptors (Lipinski definition) is 4. The van der Waals surface area contributed by atoms with Crippen molar-refractivity contribution in [3.8, 4) is 0 Å². The van der Waals surface area contributed by atoms with E-state index < -0.39 is 21.1 Å². The second-order valence-corrected chi connectivity index (χ2v) is 7.85. The highest BCUT2D eigenvalue weighted by molar-refractivity contribution is 7.91. The van der Waals surface area contributed by atoms with Crippen molar-refractivity contribution in [1.82, 2.24) is 0 Å². The maximum absolute atomic E-state index is 12.0. The lowest BCUT2D eigenvalue weighted by molar-refractivity contribution is 0.0702. The van der Waals surface area contributed by atoms with Crippen LogP contribution >= 0.6 is 11.3 Å². The molecule has 0 saturated carbocycles. The molecule has 1 aromatic heterocycles. The quantitative estimate of drug-likeness (QED) is 0.896. The molecule has 0 bridgehead atoms. The van der Waals surface area contributed by atoms with Crippen LogP contribution in [0, 0.1) is 5.92 Å². The summed E-state index contributed by atoms with van der Waals surface area (Å²) in [5.74, 6) is -1.04. The molecule has 0 saturated heterocycles. The zero-order valence-corrected chi connectivity index (χ0v) is 11.6. The van der Waals surface area contributed by atoms with Crippen molar-refractivity contribution in [1.29, 1.82) is 0 Å². The highest BCUT2D eigenvalue weighted by Gasteiger charge is 2.25. The molecule has 0 aliphatic heterocycles. The van der Waals surface area contributed by atoms with Crippen LogP contribution in [-0.2, 0) is 15.6 Å². The number of carboxylic acids is 1. The van der Waals surface area contributed by atoms with Crippen molar-refractivity contribution < 1.29 is 18.3 Å². The molecule has 0 spiro atoms. The van der Waals surface area contributed by atoms with E-state index in [0.29, 0.717) is 4.88 Å². The van der Waals surface area contributed by atoms with Gasteiger partial charge in [-0.3, -0.25) is 0 Å². The maximum Gasteiger partial charge on any atom is 0.345 e. The molecule has 0 aliphatic rings. The number of sulfone groups is 1. The second kappa shape index (κ2) is 5.18. The Morgan fingerprint density at radius 1 is 1.35 bits per heavy atom. The van der Waals surface area contributed by atoms with E-state index in [2.05, 4.69) is 0 Å². The lowest BCUT2D eigenvalue weighted by atomic mass is 10.2. The zero-order valence-electron chi connectivity index (χ0n) is 10.0. The first-order chi connectivity index (χ1) is 7.74. The summed E-state index contributed by atoms with van der Waals surface area (Å²) in [4.78, 5) is 11.4. The molecule has 6 heteroatoms. The van der Waals surface area contributed by atoms with E-state index in [0.717, 1.165) is 11.3 Å². The Hall–Kier alpha value is -0.880. The van der Waals surface area contributed by atoms with Gasteiger partial charge in [-0.15, -0.1) is 11.3 Å². The topological polar surface area (TPSA) is 71.4 Å². The van der Waals surface area contributed by atoms with Gasteiger partial charge in [0.2, 0.25) is 0 Å². The van der Waals surface area contributed by atoms with Gasteiger partial charge in [-0.2, -0.15) is 0 Å². The molecule has 0 radical (unpaired) electrons. The number of aromatic carboxylic acids is 1. The van der Waals surface area contributed by atoms with Crippen LogP contribution in [0.4, 0.5) is 0 Å². The average molecular weight is 276 g/mol. The predicted octanol–water partition coefficient (Wildman–Crippen LogP) is 2.41. The number of rotatable bonds is 5. The van der Waals surface area contributed by atoms with Crippen molar-refractivity contribution >= 4 is 27.1 Å². The molecule has 1 aromatic rings. The van der Waals surface area contributed by atoms with Gasteiger partial charge < -0.3 is 5.11 Å². The monoisotopic (exact) mass is 276 g/mol. The van der Waals surface area contributed by atoms with Crippen LogP contribution in [0.3, 0.4) is 0 Å². The molecule has 0 aliphatic carbocycles. The van der Waals surface area contributed by atoms with Gasteiger partial charge in [0.05, 0.1) is 11.0 Å². The summed E-state index contributed by atoms with van der Waals surface area (Å²) in [5.41, 5.74) is 0. The molecular formula is C11H16O4S2. The predicted molar refractivity (Wildman–Crippen MR) is 68.2 cm³/mol. The number of thiophene rings is 1. The van der Waals surface area contributed by atoms with Crippen molar-refractivity contribution in [2.45, 2.75) is 31.8 Å². The van der Waals surface area contributed by atoms with E-state index in [9.17, 15) is 13.2 Å². The van der Waals surface area contributed by atoms with E-state index in [1.807, 2.05) is 13.8 Å². The zero-order chi connectivity index (χ0) is 13.2. The first kappa shape index (κ1) is 14.2. The van der Waals surface area contributed by atoms with Gasteiger partial charge >= 0.3 is 5.97 Å². The fourth-order valence-corrected chi connectivity index (χ4v) is 4.27. The second-order valence-electron chi connectivity index (χ2n) is 4.33. The Balaban J connectivity index is 2.87. The normalized spacial score (nSPS) is 13.9. The molecule has 4 nitrogen and oxygen atoms in total. The van der Waals surface area contributed by atoms with Gasteiger partial charge in [-0.05, 0) is 25.0 Å². The van der Waals surface area contributed by atoms with Crippen LogP contribution in [0.25, 0.3) is 0 Å². The van der Waals surface area contributed by atoms with E-state index in [1.165, 1.54) is 6.07 Å². The van der Waals surface area contributed by atoms with Crippen LogP contribution < -0.4 is 0 Å². The lowest BCUT2D eigenvalue weighted by Gasteiger charge is -2.15. The highest BCUT2D eigenvalue weighted by Crippen LogP contribution is 2.22. The van der Waals surface area contributed by atoms with Gasteiger partial charge in [0.1, 0.15) is 4.88 Å². The van der Waals surface area contributed by atoms with E-state index in [1.54, 1.807) is 13.0 Å². The Labute approximate surface area is 105 Å². The first-order valence-corrected chi connectivity index (χ1v) is 7.81. The molecule has 1 unspecified atom stereocenters. The standard InChI is InChI=1S/C11H16O4S2/c1-7(2)8(3)17(14,15)6-9-4-5-10(16-9)11(12)13/h4-5,7-8H,6H2,1-3H3,(H,12,13). The summed E-state index contributed by atoms with van der Waals surface area (Å²) < 4.78 is 24.0. The molecule has 1 heterocycles. The van der Waals surface area contributed by atoms with Gasteiger partial charge in [0.25, 0.3) is 0 Å². The summed E-state index contributed by atoms with van der Waals surface area (Å²) in [6, 6.07) is 3.01. The number of carboxylic acid groups (broad SMARTS) is 1. The third-order valence-corrected chi connectivity index (χ3v) is 6.37. The average Bonchev–Trinajstić information content (AvgIpc) is 2.64. The van der Waals surface area contributed by atoms with E-state index in [-0.39, 0.29) is 16.5 Å². The van der Waals surface area contributed by atoms with Crippen molar-refractivity contribution in [2.75, 3.05) is 0 Å². The summed E-state index contributed by atoms with van der Waals surface area (Å²) in [5, 5.41) is 8.34. The third-order valence-electron chi connectivity index (χ3n) is 2.72. The SMILES string of the molecule is CC(C)C(C)S(=O)(=O)Cc1ccc(C(=O)O)s1. The summed E-state index contributed by atoms with van der Waals surface area (Å²) in [6.45, 7) is 5.41. The largest absolute Gasteiger partial charge is 0.477 e. The highest BCUT2D eigenvalue weighted by atomic mass is 32.2. The summed E-state index contributed by atoms with van der Waals surface area (Å²) in [7, 11) is -3.21. The van der Waals surface area contributed by atoms with Crippen LogP contribution in [0.15, 0.2) is 12.1 Å². The maximum atomic E-state index is 12.0. The van der Waals surface area contributed by atoms with Crippen molar-refractivity contribution in [2.24, 2.45) is 5.92 Å². The van der Waals surface area contributed by atoms with E-state index >= 15 is 0 Å². The van der Waals surface area contributed by atoms with Gasteiger partial charge in [-0.1, -0.05) is 13.8 Å². The smallest absolute Gasteiger partial charge is 0.345 e. The summed E-state index contributed by atoms with van der Waals surface area (Å²) >= 11 is 1.02. The molecule has 1 rings (SSSR count). The Bertz CT molecular complexity index is 499. The van der Waals surface area contributed by atoms with Crippen molar-refractivity contribution in [3.05, 3.63) is 21.9 Å². The van der Waals surface area contributed by atoms with Crippen LogP contribution in [-0.4, -0.2) is 24.7 Å². The molecule has 96 valence electrons. The van der Waals surface area contributed by atoms with Crippen LogP contribution in [0.2, 0.25) is 0 Å². The van der Waals surface area contributed by atoms with Gasteiger partial charge in [0.15, 0.2) is 9.84 Å². The van der Waals surface area contributed by atoms with Crippen LogP contribution in [0.5, 0.6) is 0 Å². The van der Waals surface area contributed by atoms with Crippen molar-refractivity contribution in [3.63, 3.8) is 0 Å². The molecule has 1 atom stereocenters. The molecule has 17 heavy (non-hydrogen) atoms. The molecule has 0 amide bonds. The molecule has 1 N–H and O–H groups in total. The Kier molecular flexibility index (Phi) is 4.32. The minimum atomic E-state index is -3.21. The lowest BCUT2D eigenvalue weighted by Crippen LogP contribution is -2.24. The van der Waals surface area contributed by atoms with Gasteiger partial charge in [0, 0.05) is 4.88 Å². The molecule has 0 fully saturated rings. The van der Waals surface area contributed by atoms with E-state index in [4.69, 9.17) is 5.11 Å². The number of carbonyl (C=O) groups is 1. The Morgan fingerprint density at radius 3 is 2.35 bits per heavy atom. The van der Waals surface area contributed by atoms with Gasteiger partial charge in [-0.25, -0.2) is 13.2 Å².